The molecule has 12 heteroatoms. The van der Waals surface area contributed by atoms with Crippen molar-refractivity contribution in [3.63, 3.8) is 0 Å². The number of rotatable bonds is 32. The summed E-state index contributed by atoms with van der Waals surface area (Å²) in [6, 6.07) is 0. The molecule has 0 aromatic heterocycles. The van der Waals surface area contributed by atoms with Crippen LogP contribution < -0.4 is 0 Å². The van der Waals surface area contributed by atoms with E-state index in [-0.39, 0.29) is 37.6 Å². The number of aliphatic hydroxyl groups excluding tert-OH is 2. The molecule has 1 saturated carbocycles. The Bertz CT molecular complexity index is 1280. The van der Waals surface area contributed by atoms with E-state index in [1.54, 1.807) is 12.2 Å². The van der Waals surface area contributed by atoms with Crippen LogP contribution in [0.25, 0.3) is 0 Å². The van der Waals surface area contributed by atoms with Crippen molar-refractivity contribution in [2.75, 3.05) is 13.2 Å². The highest BCUT2D eigenvalue weighted by molar-refractivity contribution is 7.46. The normalized spacial score (nSPS) is 19.3. The maximum Gasteiger partial charge on any atom is 0.469 e. The summed E-state index contributed by atoms with van der Waals surface area (Å²) >= 11 is 0. The molecule has 0 heterocycles. The Morgan fingerprint density at radius 1 is 0.782 bits per heavy atom. The molecule has 0 spiro atoms. The second kappa shape index (κ2) is 32.2. The van der Waals surface area contributed by atoms with Crippen LogP contribution in [-0.2, 0) is 32.9 Å². The number of esters is 2. The lowest BCUT2D eigenvalue weighted by Crippen LogP contribution is -2.29. The molecular weight excluding hydrogens is 723 g/mol. The lowest BCUT2D eigenvalue weighted by Gasteiger charge is -2.19. The molecule has 0 radical (unpaired) electrons. The Kier molecular flexibility index (Phi) is 29.3. The zero-order valence-corrected chi connectivity index (χ0v) is 34.2. The van der Waals surface area contributed by atoms with E-state index < -0.39 is 50.6 Å². The molecule has 4 N–H and O–H groups in total. The number of hydrogen-bond acceptors (Lipinski definition) is 9. The monoisotopic (exact) mass is 792 g/mol. The number of phosphoric ester groups is 1. The summed E-state index contributed by atoms with van der Waals surface area (Å²) in [4.78, 5) is 55.5. The van der Waals surface area contributed by atoms with Crippen LogP contribution in [0.15, 0.2) is 72.9 Å². The van der Waals surface area contributed by atoms with E-state index in [4.69, 9.17) is 19.3 Å². The molecule has 312 valence electrons. The molecule has 0 aromatic rings. The van der Waals surface area contributed by atoms with Gasteiger partial charge in [-0.3, -0.25) is 18.9 Å². The number of ketones is 1. The molecule has 1 rings (SSSR count). The third kappa shape index (κ3) is 28.2. The third-order valence-electron chi connectivity index (χ3n) is 9.12. The summed E-state index contributed by atoms with van der Waals surface area (Å²) in [6.45, 7) is 3.20. The highest BCUT2D eigenvalue weighted by Crippen LogP contribution is 2.36. The van der Waals surface area contributed by atoms with Crippen LogP contribution in [0.5, 0.6) is 0 Å². The maximum atomic E-state index is 12.5. The molecule has 0 amide bonds. The lowest BCUT2D eigenvalue weighted by molar-refractivity contribution is -0.161. The van der Waals surface area contributed by atoms with Crippen molar-refractivity contribution >= 4 is 25.5 Å². The van der Waals surface area contributed by atoms with Gasteiger partial charge in [0.2, 0.25) is 0 Å². The van der Waals surface area contributed by atoms with Gasteiger partial charge >= 0.3 is 19.8 Å². The number of aliphatic hydroxyl groups is 2. The first kappa shape index (κ1) is 50.1. The highest BCUT2D eigenvalue weighted by atomic mass is 31.2. The van der Waals surface area contributed by atoms with Crippen LogP contribution in [0, 0.1) is 11.8 Å². The van der Waals surface area contributed by atoms with E-state index in [1.165, 1.54) is 0 Å². The van der Waals surface area contributed by atoms with Gasteiger partial charge in [-0.05, 0) is 70.1 Å². The summed E-state index contributed by atoms with van der Waals surface area (Å²) in [5, 5.41) is 20.7. The zero-order valence-electron chi connectivity index (χ0n) is 33.3. The second-order valence-electron chi connectivity index (χ2n) is 14.0. The first-order valence-electron chi connectivity index (χ1n) is 20.3. The molecule has 0 unspecified atom stereocenters. The van der Waals surface area contributed by atoms with Gasteiger partial charge in [0.1, 0.15) is 12.4 Å². The number of carbonyl (C=O) groups excluding carboxylic acids is 3. The van der Waals surface area contributed by atoms with Gasteiger partial charge < -0.3 is 29.5 Å². The smallest absolute Gasteiger partial charge is 0.462 e. The van der Waals surface area contributed by atoms with Crippen molar-refractivity contribution < 1.29 is 52.9 Å². The number of ether oxygens (including phenoxy) is 2. The van der Waals surface area contributed by atoms with E-state index >= 15 is 0 Å². The minimum atomic E-state index is -4.84. The summed E-state index contributed by atoms with van der Waals surface area (Å²) < 4.78 is 26.3. The van der Waals surface area contributed by atoms with Gasteiger partial charge in [0.15, 0.2) is 6.10 Å². The Morgan fingerprint density at radius 2 is 1.38 bits per heavy atom. The summed E-state index contributed by atoms with van der Waals surface area (Å²) in [5.41, 5.74) is 0. The molecule has 55 heavy (non-hydrogen) atoms. The molecule has 0 aromatic carbocycles. The Hall–Kier alpha value is -2.92. The van der Waals surface area contributed by atoms with Gasteiger partial charge in [-0.15, -0.1) is 0 Å². The van der Waals surface area contributed by atoms with Crippen LogP contribution in [0.3, 0.4) is 0 Å². The average molecular weight is 793 g/mol. The molecule has 11 nitrogen and oxygen atoms in total. The SMILES string of the molecule is CC/C=C\C/C=C\C/C=C\C/C=C\C/C=C\CCCC(=O)OC[C@H](COP(=O)(O)O)OC(=O)CCCCCC[C@H]1[C@@H](O)CC(=O)[C@@H]1/C=C/[C@@H](O)CCCCC. The van der Waals surface area contributed by atoms with Crippen molar-refractivity contribution in [2.45, 2.75) is 154 Å². The molecule has 1 aliphatic rings. The molecule has 0 aliphatic heterocycles. The lowest BCUT2D eigenvalue weighted by atomic mass is 9.88. The standard InChI is InChI=1S/C43H69O11P/c1-3-5-7-8-9-10-11-12-13-14-15-16-17-18-19-20-25-29-42(47)52-34-37(35-53-55(49,50)51)54-43(48)30-26-22-21-24-28-38-39(41(46)33-40(38)45)32-31-36(44)27-23-6-4-2/h5,7,9-10,12-13,15-16,18-19,31-32,36-40,44-45H,3-4,6,8,11,14,17,20-30,33-35H2,1-2H3,(H2,49,50,51)/b7-5-,10-9-,13-12-,16-15-,19-18-,32-31+/t36-,37+,38+,39+,40-/m0/s1. The van der Waals surface area contributed by atoms with Crippen molar-refractivity contribution in [2.24, 2.45) is 11.8 Å². The van der Waals surface area contributed by atoms with Gasteiger partial charge in [0.05, 0.1) is 18.8 Å². The zero-order chi connectivity index (χ0) is 40.6. The molecule has 5 atom stereocenters. The minimum absolute atomic E-state index is 0.0124. The molecular formula is C43H69O11P. The fourth-order valence-electron chi connectivity index (χ4n) is 6.08. The summed E-state index contributed by atoms with van der Waals surface area (Å²) in [6.07, 6.45) is 35.4. The van der Waals surface area contributed by atoms with Crippen LogP contribution in [-0.4, -0.2) is 69.2 Å². The van der Waals surface area contributed by atoms with Gasteiger partial charge in [0, 0.05) is 25.2 Å². The number of carbonyl (C=O) groups is 3. The molecule has 1 aliphatic carbocycles. The Balaban J connectivity index is 2.32. The largest absolute Gasteiger partial charge is 0.469 e. The van der Waals surface area contributed by atoms with Crippen molar-refractivity contribution in [3.8, 4) is 0 Å². The van der Waals surface area contributed by atoms with Gasteiger partial charge in [0.25, 0.3) is 0 Å². The first-order chi connectivity index (χ1) is 26.5. The predicted octanol–water partition coefficient (Wildman–Crippen LogP) is 8.88. The van der Waals surface area contributed by atoms with Gasteiger partial charge in [-0.25, -0.2) is 4.57 Å². The number of allylic oxidation sites excluding steroid dienone is 11. The van der Waals surface area contributed by atoms with Crippen LogP contribution in [0.2, 0.25) is 0 Å². The number of unbranched alkanes of at least 4 members (excludes halogenated alkanes) is 6. The summed E-state index contributed by atoms with van der Waals surface area (Å²) in [7, 11) is -4.84. The minimum Gasteiger partial charge on any atom is -0.462 e. The fourth-order valence-corrected chi connectivity index (χ4v) is 6.44. The van der Waals surface area contributed by atoms with E-state index in [1.807, 2.05) is 12.2 Å². The van der Waals surface area contributed by atoms with Crippen molar-refractivity contribution in [1.82, 2.24) is 0 Å². The first-order valence-corrected chi connectivity index (χ1v) is 21.9. The quantitative estimate of drug-likeness (QED) is 0.0221. The Labute approximate surface area is 329 Å². The number of phosphoric acid groups is 1. The molecule has 0 bridgehead atoms. The molecule has 0 saturated heterocycles. The fraction of sp³-hybridized carbons (Fsp3) is 0.651. The second-order valence-corrected chi connectivity index (χ2v) is 15.2. The number of Topliss-reactive ketones (excluding diaryl/α,β-unsaturated/α-hetero) is 1. The predicted molar refractivity (Wildman–Crippen MR) is 217 cm³/mol. The highest BCUT2D eigenvalue weighted by Gasteiger charge is 2.39. The van der Waals surface area contributed by atoms with E-state index in [0.29, 0.717) is 38.5 Å². The maximum absolute atomic E-state index is 12.5. The molecule has 1 fully saturated rings. The van der Waals surface area contributed by atoms with Crippen molar-refractivity contribution in [1.29, 1.82) is 0 Å². The topological polar surface area (TPSA) is 177 Å². The third-order valence-corrected chi connectivity index (χ3v) is 9.60. The van der Waals surface area contributed by atoms with Gasteiger partial charge in [-0.2, -0.15) is 0 Å². The van der Waals surface area contributed by atoms with E-state index in [9.17, 15) is 29.2 Å². The Morgan fingerprint density at radius 3 is 2.00 bits per heavy atom. The van der Waals surface area contributed by atoms with Crippen LogP contribution >= 0.6 is 7.82 Å². The van der Waals surface area contributed by atoms with E-state index in [0.717, 1.165) is 64.2 Å². The summed E-state index contributed by atoms with van der Waals surface area (Å²) in [5.74, 6) is -1.74. The average Bonchev–Trinajstić information content (AvgIpc) is 3.41. The van der Waals surface area contributed by atoms with Gasteiger partial charge in [-0.1, -0.05) is 125 Å². The van der Waals surface area contributed by atoms with E-state index in [2.05, 4.69) is 67.0 Å². The number of hydrogen-bond donors (Lipinski definition) is 4. The van der Waals surface area contributed by atoms with Crippen LogP contribution in [0.4, 0.5) is 0 Å². The van der Waals surface area contributed by atoms with Crippen molar-refractivity contribution in [3.05, 3.63) is 72.9 Å². The van der Waals surface area contributed by atoms with Crippen LogP contribution in [0.1, 0.15) is 136 Å².